The molecule has 1 aromatic carbocycles. The van der Waals surface area contributed by atoms with Gasteiger partial charge < -0.3 is 5.11 Å². The molecule has 0 aliphatic heterocycles. The highest BCUT2D eigenvalue weighted by atomic mass is 35.5. The lowest BCUT2D eigenvalue weighted by molar-refractivity contribution is -0.153. The molecule has 90 valence electrons. The number of alkyl halides is 3. The van der Waals surface area contributed by atoms with Crippen LogP contribution in [0.5, 0.6) is 0 Å². The largest absolute Gasteiger partial charge is 0.392 e. The quantitative estimate of drug-likeness (QED) is 0.823. The minimum absolute atomic E-state index is 0.141. The molecule has 0 fully saturated rings. The van der Waals surface area contributed by atoms with Crippen molar-refractivity contribution in [3.8, 4) is 0 Å². The van der Waals surface area contributed by atoms with Gasteiger partial charge in [-0.1, -0.05) is 11.6 Å². The molecule has 1 unspecified atom stereocenters. The lowest BCUT2D eigenvalue weighted by Gasteiger charge is -2.13. The molecule has 0 saturated heterocycles. The van der Waals surface area contributed by atoms with Crippen LogP contribution < -0.4 is 0 Å². The van der Waals surface area contributed by atoms with E-state index in [0.717, 1.165) is 12.1 Å². The molecule has 0 aromatic heterocycles. The third-order valence-electron chi connectivity index (χ3n) is 1.93. The Hall–Kier alpha value is -0.810. The standard InChI is InChI=1S/C10H9ClF4O/c11-9-2-1-7(12)3-6(9)4-8(16)5-10(13,14)15/h1-3,8,16H,4-5H2. The number of benzene rings is 1. The second-order valence-corrected chi connectivity index (χ2v) is 3.82. The molecule has 1 aromatic rings. The molecule has 0 bridgehead atoms. The van der Waals surface area contributed by atoms with E-state index in [-0.39, 0.29) is 17.0 Å². The molecule has 0 spiro atoms. The maximum absolute atomic E-state index is 12.8. The van der Waals surface area contributed by atoms with Crippen molar-refractivity contribution in [1.29, 1.82) is 0 Å². The van der Waals surface area contributed by atoms with E-state index in [2.05, 4.69) is 0 Å². The van der Waals surface area contributed by atoms with Crippen molar-refractivity contribution < 1.29 is 22.7 Å². The molecule has 0 amide bonds. The van der Waals surface area contributed by atoms with Crippen molar-refractivity contribution in [1.82, 2.24) is 0 Å². The summed E-state index contributed by atoms with van der Waals surface area (Å²) in [7, 11) is 0. The van der Waals surface area contributed by atoms with Gasteiger partial charge in [-0.05, 0) is 23.8 Å². The first-order chi connectivity index (χ1) is 7.28. The third kappa shape index (κ3) is 4.37. The highest BCUT2D eigenvalue weighted by molar-refractivity contribution is 6.31. The van der Waals surface area contributed by atoms with E-state index in [4.69, 9.17) is 16.7 Å². The maximum Gasteiger partial charge on any atom is 0.391 e. The Labute approximate surface area is 94.7 Å². The van der Waals surface area contributed by atoms with Crippen LogP contribution in [0.1, 0.15) is 12.0 Å². The van der Waals surface area contributed by atoms with Crippen molar-refractivity contribution in [2.75, 3.05) is 0 Å². The predicted molar refractivity (Wildman–Crippen MR) is 51.8 cm³/mol. The number of aliphatic hydroxyl groups excluding tert-OH is 1. The minimum atomic E-state index is -4.45. The molecule has 1 atom stereocenters. The van der Waals surface area contributed by atoms with Gasteiger partial charge in [-0.25, -0.2) is 4.39 Å². The smallest absolute Gasteiger partial charge is 0.391 e. The van der Waals surface area contributed by atoms with Gasteiger partial charge in [0.25, 0.3) is 0 Å². The Kier molecular flexibility index (Phi) is 4.15. The van der Waals surface area contributed by atoms with Crippen LogP contribution >= 0.6 is 11.6 Å². The molecule has 6 heteroatoms. The summed E-state index contributed by atoms with van der Waals surface area (Å²) in [4.78, 5) is 0. The monoisotopic (exact) mass is 256 g/mol. The van der Waals surface area contributed by atoms with Crippen LogP contribution in [-0.4, -0.2) is 17.4 Å². The molecule has 1 N–H and O–H groups in total. The summed E-state index contributed by atoms with van der Waals surface area (Å²) in [6.07, 6.45) is -7.71. The Bertz CT molecular complexity index is 364. The number of hydrogen-bond acceptors (Lipinski definition) is 1. The molecular formula is C10H9ClF4O. The number of rotatable bonds is 3. The van der Waals surface area contributed by atoms with E-state index in [0.29, 0.717) is 0 Å². The van der Waals surface area contributed by atoms with E-state index in [9.17, 15) is 17.6 Å². The number of hydrogen-bond donors (Lipinski definition) is 1. The summed E-state index contributed by atoms with van der Waals surface area (Å²) >= 11 is 5.65. The van der Waals surface area contributed by atoms with Crippen LogP contribution in [0.3, 0.4) is 0 Å². The normalized spacial score (nSPS) is 13.9. The van der Waals surface area contributed by atoms with E-state index >= 15 is 0 Å². The Morgan fingerprint density at radius 3 is 2.50 bits per heavy atom. The number of aliphatic hydroxyl groups is 1. The van der Waals surface area contributed by atoms with Gasteiger partial charge in [-0.2, -0.15) is 13.2 Å². The van der Waals surface area contributed by atoms with Crippen molar-refractivity contribution >= 4 is 11.6 Å². The second kappa shape index (κ2) is 5.01. The van der Waals surface area contributed by atoms with Gasteiger partial charge in [0.2, 0.25) is 0 Å². The summed E-state index contributed by atoms with van der Waals surface area (Å²) in [5, 5.41) is 9.29. The van der Waals surface area contributed by atoms with Crippen LogP contribution in [0.2, 0.25) is 5.02 Å². The average molecular weight is 257 g/mol. The molecule has 1 rings (SSSR count). The number of halogens is 5. The Morgan fingerprint density at radius 2 is 1.94 bits per heavy atom. The van der Waals surface area contributed by atoms with Crippen molar-refractivity contribution in [2.45, 2.75) is 25.1 Å². The summed E-state index contributed by atoms with van der Waals surface area (Å²) in [6, 6.07) is 3.36. The molecule has 0 aliphatic carbocycles. The molecular weight excluding hydrogens is 248 g/mol. The van der Waals surface area contributed by atoms with Crippen LogP contribution in [0.15, 0.2) is 18.2 Å². The molecule has 0 heterocycles. The maximum atomic E-state index is 12.8. The summed E-state index contributed by atoms with van der Waals surface area (Å²) in [5.74, 6) is -0.599. The Morgan fingerprint density at radius 1 is 1.31 bits per heavy atom. The van der Waals surface area contributed by atoms with Gasteiger partial charge in [-0.3, -0.25) is 0 Å². The molecule has 0 radical (unpaired) electrons. The third-order valence-corrected chi connectivity index (χ3v) is 2.30. The zero-order valence-corrected chi connectivity index (χ0v) is 8.82. The predicted octanol–water partition coefficient (Wildman–Crippen LogP) is 3.33. The average Bonchev–Trinajstić information content (AvgIpc) is 2.08. The summed E-state index contributed by atoms with van der Waals surface area (Å²) < 4.78 is 48.5. The van der Waals surface area contributed by atoms with Crippen LogP contribution in [0, 0.1) is 5.82 Å². The fourth-order valence-corrected chi connectivity index (χ4v) is 1.49. The zero-order valence-electron chi connectivity index (χ0n) is 8.06. The van der Waals surface area contributed by atoms with E-state index in [1.165, 1.54) is 6.07 Å². The topological polar surface area (TPSA) is 20.2 Å². The lowest BCUT2D eigenvalue weighted by Crippen LogP contribution is -2.21. The van der Waals surface area contributed by atoms with Crippen LogP contribution in [0.25, 0.3) is 0 Å². The van der Waals surface area contributed by atoms with Crippen molar-refractivity contribution in [3.63, 3.8) is 0 Å². The SMILES string of the molecule is OC(Cc1cc(F)ccc1Cl)CC(F)(F)F. The van der Waals surface area contributed by atoms with Gasteiger partial charge in [0.15, 0.2) is 0 Å². The second-order valence-electron chi connectivity index (χ2n) is 3.41. The summed E-state index contributed by atoms with van der Waals surface area (Å²) in [5.41, 5.74) is 0.165. The fourth-order valence-electron chi connectivity index (χ4n) is 1.29. The van der Waals surface area contributed by atoms with Crippen molar-refractivity contribution in [2.24, 2.45) is 0 Å². The van der Waals surface area contributed by atoms with Gasteiger partial charge >= 0.3 is 6.18 Å². The minimum Gasteiger partial charge on any atom is -0.392 e. The first-order valence-electron chi connectivity index (χ1n) is 4.46. The zero-order chi connectivity index (χ0) is 12.3. The molecule has 0 saturated carbocycles. The molecule has 1 nitrogen and oxygen atoms in total. The van der Waals surface area contributed by atoms with Gasteiger partial charge in [-0.15, -0.1) is 0 Å². The van der Waals surface area contributed by atoms with Gasteiger partial charge in [0, 0.05) is 11.4 Å². The molecule has 0 aliphatic rings. The van der Waals surface area contributed by atoms with Gasteiger partial charge in [0.05, 0.1) is 12.5 Å². The highest BCUT2D eigenvalue weighted by Crippen LogP contribution is 2.25. The lowest BCUT2D eigenvalue weighted by atomic mass is 10.1. The van der Waals surface area contributed by atoms with E-state index in [1.54, 1.807) is 0 Å². The highest BCUT2D eigenvalue weighted by Gasteiger charge is 2.31. The Balaban J connectivity index is 2.69. The molecule has 16 heavy (non-hydrogen) atoms. The summed E-state index contributed by atoms with van der Waals surface area (Å²) in [6.45, 7) is 0. The first-order valence-corrected chi connectivity index (χ1v) is 4.84. The van der Waals surface area contributed by atoms with Gasteiger partial charge in [0.1, 0.15) is 5.82 Å². The first kappa shape index (κ1) is 13.3. The van der Waals surface area contributed by atoms with Crippen LogP contribution in [-0.2, 0) is 6.42 Å². The van der Waals surface area contributed by atoms with E-state index < -0.39 is 24.5 Å². The fraction of sp³-hybridized carbons (Fsp3) is 0.400. The van der Waals surface area contributed by atoms with E-state index in [1.807, 2.05) is 0 Å². The van der Waals surface area contributed by atoms with Crippen molar-refractivity contribution in [3.05, 3.63) is 34.6 Å². The van der Waals surface area contributed by atoms with Crippen LogP contribution in [0.4, 0.5) is 17.6 Å².